The molecule has 3 heterocycles. The second-order valence-corrected chi connectivity index (χ2v) is 5.58. The molecule has 6 nitrogen and oxygen atoms in total. The van der Waals surface area contributed by atoms with Gasteiger partial charge >= 0.3 is 0 Å². The van der Waals surface area contributed by atoms with Crippen LogP contribution < -0.4 is 15.5 Å². The smallest absolute Gasteiger partial charge is 0.240 e. The number of nitrogens with zero attached hydrogens (tertiary/aromatic N) is 5. The van der Waals surface area contributed by atoms with Crippen molar-refractivity contribution in [2.45, 2.75) is 0 Å². The Morgan fingerprint density at radius 1 is 0.957 bits per heavy atom. The summed E-state index contributed by atoms with van der Waals surface area (Å²) in [5.41, 5.74) is 8.57. The zero-order valence-corrected chi connectivity index (χ0v) is 12.6. The van der Waals surface area contributed by atoms with Gasteiger partial charge in [-0.2, -0.15) is 4.98 Å². The van der Waals surface area contributed by atoms with E-state index in [4.69, 9.17) is 5.73 Å². The van der Waals surface area contributed by atoms with E-state index in [2.05, 4.69) is 19.9 Å². The van der Waals surface area contributed by atoms with Crippen molar-refractivity contribution in [2.75, 3.05) is 41.7 Å². The fourth-order valence-electron chi connectivity index (χ4n) is 3.01. The first kappa shape index (κ1) is 13.8. The van der Waals surface area contributed by atoms with Gasteiger partial charge < -0.3 is 15.5 Å². The van der Waals surface area contributed by atoms with Gasteiger partial charge in [0, 0.05) is 38.1 Å². The Morgan fingerprint density at radius 2 is 1.65 bits per heavy atom. The van der Waals surface area contributed by atoms with E-state index in [0.717, 1.165) is 43.2 Å². The van der Waals surface area contributed by atoms with Crippen LogP contribution in [0, 0.1) is 5.82 Å². The maximum absolute atomic E-state index is 13.0. The van der Waals surface area contributed by atoms with Crippen LogP contribution in [0.4, 0.5) is 21.7 Å². The van der Waals surface area contributed by atoms with Gasteiger partial charge in [0.2, 0.25) is 5.95 Å². The van der Waals surface area contributed by atoms with Crippen molar-refractivity contribution in [3.05, 3.63) is 48.4 Å². The predicted molar refractivity (Wildman–Crippen MR) is 88.2 cm³/mol. The highest BCUT2D eigenvalue weighted by atomic mass is 19.1. The lowest BCUT2D eigenvalue weighted by Gasteiger charge is -2.37. The van der Waals surface area contributed by atoms with Gasteiger partial charge in [0.1, 0.15) is 5.82 Å². The molecule has 1 aromatic carbocycles. The highest BCUT2D eigenvalue weighted by Crippen LogP contribution is 2.24. The summed E-state index contributed by atoms with van der Waals surface area (Å²) in [6.45, 7) is 3.47. The number of pyridine rings is 1. The van der Waals surface area contributed by atoms with E-state index in [1.54, 1.807) is 4.52 Å². The molecule has 1 fully saturated rings. The minimum atomic E-state index is -0.205. The van der Waals surface area contributed by atoms with Crippen LogP contribution in [0.3, 0.4) is 0 Å². The van der Waals surface area contributed by atoms with Crippen molar-refractivity contribution in [1.29, 1.82) is 0 Å². The highest BCUT2D eigenvalue weighted by molar-refractivity contribution is 5.70. The standard InChI is InChI=1S/C16H17FN6/c17-12-3-5-13(6-4-12)21-8-10-22(11-9-21)14-2-1-7-23-15(14)19-16(18)20-23/h1-7H,8-11H2,(H2,18,20). The molecular formula is C16H17FN6. The van der Waals surface area contributed by atoms with E-state index in [-0.39, 0.29) is 11.8 Å². The van der Waals surface area contributed by atoms with Gasteiger partial charge in [-0.1, -0.05) is 0 Å². The number of piperazine rings is 1. The Kier molecular flexibility index (Phi) is 3.25. The van der Waals surface area contributed by atoms with Crippen LogP contribution in [-0.2, 0) is 0 Å². The first-order valence-electron chi connectivity index (χ1n) is 7.57. The monoisotopic (exact) mass is 312 g/mol. The molecule has 23 heavy (non-hydrogen) atoms. The number of hydrogen-bond acceptors (Lipinski definition) is 5. The van der Waals surface area contributed by atoms with Gasteiger partial charge in [-0.3, -0.25) is 0 Å². The second-order valence-electron chi connectivity index (χ2n) is 5.58. The quantitative estimate of drug-likeness (QED) is 0.781. The fourth-order valence-corrected chi connectivity index (χ4v) is 3.01. The zero-order chi connectivity index (χ0) is 15.8. The molecule has 3 aromatic rings. The summed E-state index contributed by atoms with van der Waals surface area (Å²) in [7, 11) is 0. The summed E-state index contributed by atoms with van der Waals surface area (Å²) in [6, 6.07) is 10.6. The van der Waals surface area contributed by atoms with Gasteiger partial charge in [-0.05, 0) is 36.4 Å². The van der Waals surface area contributed by atoms with E-state index in [9.17, 15) is 4.39 Å². The number of nitrogen functional groups attached to an aromatic ring is 1. The molecule has 0 radical (unpaired) electrons. The maximum atomic E-state index is 13.0. The van der Waals surface area contributed by atoms with Crippen LogP contribution in [0.25, 0.3) is 5.65 Å². The van der Waals surface area contributed by atoms with E-state index < -0.39 is 0 Å². The number of aromatic nitrogens is 3. The van der Waals surface area contributed by atoms with Crippen molar-refractivity contribution < 1.29 is 4.39 Å². The first-order valence-corrected chi connectivity index (χ1v) is 7.57. The minimum absolute atomic E-state index is 0.205. The van der Waals surface area contributed by atoms with E-state index in [1.165, 1.54) is 12.1 Å². The number of fused-ring (bicyclic) bond motifs is 1. The fraction of sp³-hybridized carbons (Fsp3) is 0.250. The van der Waals surface area contributed by atoms with E-state index >= 15 is 0 Å². The average Bonchev–Trinajstić information content (AvgIpc) is 2.96. The Hall–Kier alpha value is -2.83. The molecule has 0 saturated carbocycles. The van der Waals surface area contributed by atoms with Crippen LogP contribution in [0.1, 0.15) is 0 Å². The number of anilines is 3. The Balaban J connectivity index is 1.53. The largest absolute Gasteiger partial charge is 0.368 e. The third-order valence-electron chi connectivity index (χ3n) is 4.17. The molecule has 0 aliphatic carbocycles. The zero-order valence-electron chi connectivity index (χ0n) is 12.6. The number of halogens is 1. The first-order chi connectivity index (χ1) is 11.2. The van der Waals surface area contributed by atoms with Crippen LogP contribution >= 0.6 is 0 Å². The lowest BCUT2D eigenvalue weighted by atomic mass is 10.2. The SMILES string of the molecule is Nc1nc2c(N3CCN(c4ccc(F)cc4)CC3)cccn2n1. The molecule has 4 rings (SSSR count). The van der Waals surface area contributed by atoms with Crippen LogP contribution in [0.15, 0.2) is 42.6 Å². The summed E-state index contributed by atoms with van der Waals surface area (Å²) in [5.74, 6) is 0.0749. The summed E-state index contributed by atoms with van der Waals surface area (Å²) in [5, 5.41) is 4.15. The van der Waals surface area contributed by atoms with Crippen LogP contribution in [0.2, 0.25) is 0 Å². The molecule has 0 unspecified atom stereocenters. The average molecular weight is 312 g/mol. The third kappa shape index (κ3) is 2.54. The van der Waals surface area contributed by atoms with E-state index in [0.29, 0.717) is 0 Å². The van der Waals surface area contributed by atoms with Crippen LogP contribution in [0.5, 0.6) is 0 Å². The maximum Gasteiger partial charge on any atom is 0.240 e. The molecule has 1 aliphatic heterocycles. The van der Waals surface area contributed by atoms with Gasteiger partial charge in [-0.25, -0.2) is 8.91 Å². The van der Waals surface area contributed by atoms with Gasteiger partial charge in [0.05, 0.1) is 5.69 Å². The summed E-state index contributed by atoms with van der Waals surface area (Å²) in [6.07, 6.45) is 1.84. The van der Waals surface area contributed by atoms with Gasteiger partial charge in [0.15, 0.2) is 5.65 Å². The Labute approximate surface area is 132 Å². The molecule has 1 saturated heterocycles. The summed E-state index contributed by atoms with van der Waals surface area (Å²) >= 11 is 0. The Morgan fingerprint density at radius 3 is 2.39 bits per heavy atom. The molecule has 0 spiro atoms. The summed E-state index contributed by atoms with van der Waals surface area (Å²) < 4.78 is 14.7. The molecule has 2 N–H and O–H groups in total. The molecule has 0 atom stereocenters. The van der Waals surface area contributed by atoms with Crippen molar-refractivity contribution in [3.63, 3.8) is 0 Å². The van der Waals surface area contributed by atoms with Gasteiger partial charge in [0.25, 0.3) is 0 Å². The normalized spacial score (nSPS) is 15.3. The molecule has 1 aliphatic rings. The highest BCUT2D eigenvalue weighted by Gasteiger charge is 2.20. The van der Waals surface area contributed by atoms with E-state index in [1.807, 2.05) is 30.5 Å². The predicted octanol–water partition coefficient (Wildman–Crippen LogP) is 1.78. The number of benzene rings is 1. The molecular weight excluding hydrogens is 295 g/mol. The second kappa shape index (κ2) is 5.42. The number of hydrogen-bond donors (Lipinski definition) is 1. The topological polar surface area (TPSA) is 62.7 Å². The molecule has 118 valence electrons. The lowest BCUT2D eigenvalue weighted by molar-refractivity contribution is 0.625. The lowest BCUT2D eigenvalue weighted by Crippen LogP contribution is -2.46. The molecule has 7 heteroatoms. The minimum Gasteiger partial charge on any atom is -0.368 e. The van der Waals surface area contributed by atoms with Crippen molar-refractivity contribution in [3.8, 4) is 0 Å². The van der Waals surface area contributed by atoms with Crippen molar-refractivity contribution in [1.82, 2.24) is 14.6 Å². The van der Waals surface area contributed by atoms with Crippen LogP contribution in [-0.4, -0.2) is 40.8 Å². The third-order valence-corrected chi connectivity index (χ3v) is 4.17. The van der Waals surface area contributed by atoms with Gasteiger partial charge in [-0.15, -0.1) is 5.10 Å². The van der Waals surface area contributed by atoms with Crippen molar-refractivity contribution in [2.24, 2.45) is 0 Å². The number of rotatable bonds is 2. The molecule has 2 aromatic heterocycles. The van der Waals surface area contributed by atoms with Crippen molar-refractivity contribution >= 4 is 23.0 Å². The number of nitrogens with two attached hydrogens (primary N) is 1. The molecule has 0 amide bonds. The summed E-state index contributed by atoms with van der Waals surface area (Å²) in [4.78, 5) is 8.85. The Bertz CT molecular complexity index is 820. The molecule has 0 bridgehead atoms.